The van der Waals surface area contributed by atoms with Crippen LogP contribution < -0.4 is 14.8 Å². The van der Waals surface area contributed by atoms with Gasteiger partial charge in [0, 0.05) is 18.5 Å². The lowest BCUT2D eigenvalue weighted by Gasteiger charge is -2.12. The SMILES string of the molecule is COc1ccc(NC(=O)c2cccc3nccn23)c(OC)c1. The lowest BCUT2D eigenvalue weighted by atomic mass is 10.2. The molecule has 2 aromatic heterocycles. The zero-order valence-corrected chi connectivity index (χ0v) is 12.2. The Labute approximate surface area is 127 Å². The summed E-state index contributed by atoms with van der Waals surface area (Å²) in [5, 5.41) is 2.84. The van der Waals surface area contributed by atoms with E-state index in [1.807, 2.05) is 6.07 Å². The van der Waals surface area contributed by atoms with E-state index in [9.17, 15) is 4.79 Å². The lowest BCUT2D eigenvalue weighted by molar-refractivity contribution is 0.102. The van der Waals surface area contributed by atoms with Gasteiger partial charge >= 0.3 is 0 Å². The van der Waals surface area contributed by atoms with Crippen LogP contribution in [0.25, 0.3) is 5.65 Å². The van der Waals surface area contributed by atoms with Crippen LogP contribution in [-0.4, -0.2) is 29.5 Å². The highest BCUT2D eigenvalue weighted by Gasteiger charge is 2.13. The Morgan fingerprint density at radius 3 is 2.82 bits per heavy atom. The first kappa shape index (κ1) is 13.9. The number of pyridine rings is 1. The van der Waals surface area contributed by atoms with Crippen molar-refractivity contribution >= 4 is 17.2 Å². The topological polar surface area (TPSA) is 64.9 Å². The van der Waals surface area contributed by atoms with Gasteiger partial charge in [-0.1, -0.05) is 6.07 Å². The third-order valence-corrected chi connectivity index (χ3v) is 3.32. The Morgan fingerprint density at radius 2 is 2.05 bits per heavy atom. The highest BCUT2D eigenvalue weighted by molar-refractivity contribution is 6.04. The number of amides is 1. The van der Waals surface area contributed by atoms with Crippen LogP contribution in [0, 0.1) is 0 Å². The molecule has 3 aromatic rings. The molecule has 0 saturated heterocycles. The zero-order valence-electron chi connectivity index (χ0n) is 12.2. The van der Waals surface area contributed by atoms with Gasteiger partial charge in [0.2, 0.25) is 0 Å². The molecule has 0 saturated carbocycles. The summed E-state index contributed by atoms with van der Waals surface area (Å²) in [6.07, 6.45) is 3.40. The molecule has 1 amide bonds. The van der Waals surface area contributed by atoms with Crippen molar-refractivity contribution in [2.75, 3.05) is 19.5 Å². The summed E-state index contributed by atoms with van der Waals surface area (Å²) in [6.45, 7) is 0. The number of rotatable bonds is 4. The molecule has 22 heavy (non-hydrogen) atoms. The maximum absolute atomic E-state index is 12.5. The highest BCUT2D eigenvalue weighted by Crippen LogP contribution is 2.29. The minimum Gasteiger partial charge on any atom is -0.497 e. The van der Waals surface area contributed by atoms with E-state index < -0.39 is 0 Å². The second-order valence-corrected chi connectivity index (χ2v) is 4.59. The zero-order chi connectivity index (χ0) is 15.5. The normalized spacial score (nSPS) is 10.5. The summed E-state index contributed by atoms with van der Waals surface area (Å²) in [6, 6.07) is 10.6. The van der Waals surface area contributed by atoms with Crippen LogP contribution in [0.2, 0.25) is 0 Å². The van der Waals surface area contributed by atoms with E-state index in [0.29, 0.717) is 28.5 Å². The van der Waals surface area contributed by atoms with Crippen molar-refractivity contribution in [3.63, 3.8) is 0 Å². The summed E-state index contributed by atoms with van der Waals surface area (Å²) in [5.74, 6) is 0.948. The van der Waals surface area contributed by atoms with Gasteiger partial charge in [-0.15, -0.1) is 0 Å². The molecule has 0 aliphatic rings. The molecular weight excluding hydrogens is 282 g/mol. The molecule has 2 heterocycles. The number of anilines is 1. The van der Waals surface area contributed by atoms with Crippen molar-refractivity contribution in [3.8, 4) is 11.5 Å². The van der Waals surface area contributed by atoms with Crippen LogP contribution in [0.1, 0.15) is 10.5 Å². The molecule has 0 bridgehead atoms. The van der Waals surface area contributed by atoms with E-state index in [1.165, 1.54) is 0 Å². The first-order valence-corrected chi connectivity index (χ1v) is 6.68. The Hall–Kier alpha value is -3.02. The number of methoxy groups -OCH3 is 2. The van der Waals surface area contributed by atoms with Crippen molar-refractivity contribution in [1.82, 2.24) is 9.38 Å². The predicted octanol–water partition coefficient (Wildman–Crippen LogP) is 2.60. The summed E-state index contributed by atoms with van der Waals surface area (Å²) in [7, 11) is 3.12. The van der Waals surface area contributed by atoms with Crippen molar-refractivity contribution in [3.05, 3.63) is 54.5 Å². The lowest BCUT2D eigenvalue weighted by Crippen LogP contribution is -2.16. The van der Waals surface area contributed by atoms with Crippen LogP contribution >= 0.6 is 0 Å². The number of carbonyl (C=O) groups excluding carboxylic acids is 1. The highest BCUT2D eigenvalue weighted by atomic mass is 16.5. The fraction of sp³-hybridized carbons (Fsp3) is 0.125. The summed E-state index contributed by atoms with van der Waals surface area (Å²) < 4.78 is 12.2. The first-order chi connectivity index (χ1) is 10.7. The average molecular weight is 297 g/mol. The van der Waals surface area contributed by atoms with Gasteiger partial charge in [-0.05, 0) is 24.3 Å². The van der Waals surface area contributed by atoms with E-state index in [-0.39, 0.29) is 5.91 Å². The van der Waals surface area contributed by atoms with Crippen molar-refractivity contribution in [2.45, 2.75) is 0 Å². The number of hydrogen-bond donors (Lipinski definition) is 1. The third kappa shape index (κ3) is 2.46. The number of nitrogens with one attached hydrogen (secondary N) is 1. The number of benzene rings is 1. The molecule has 0 unspecified atom stereocenters. The van der Waals surface area contributed by atoms with Crippen LogP contribution in [0.4, 0.5) is 5.69 Å². The van der Waals surface area contributed by atoms with Gasteiger partial charge in [0.15, 0.2) is 0 Å². The maximum Gasteiger partial charge on any atom is 0.272 e. The molecule has 3 rings (SSSR count). The molecule has 6 nitrogen and oxygen atoms in total. The molecule has 1 N–H and O–H groups in total. The van der Waals surface area contributed by atoms with Gasteiger partial charge in [-0.3, -0.25) is 9.20 Å². The predicted molar refractivity (Wildman–Crippen MR) is 82.7 cm³/mol. The van der Waals surface area contributed by atoms with E-state index in [4.69, 9.17) is 9.47 Å². The maximum atomic E-state index is 12.5. The Bertz CT molecular complexity index is 826. The van der Waals surface area contributed by atoms with Crippen molar-refractivity contribution in [2.24, 2.45) is 0 Å². The van der Waals surface area contributed by atoms with Gasteiger partial charge in [0.1, 0.15) is 22.8 Å². The molecule has 6 heteroatoms. The van der Waals surface area contributed by atoms with Gasteiger partial charge in [0.05, 0.1) is 19.9 Å². The molecular formula is C16H15N3O3. The number of aromatic nitrogens is 2. The monoisotopic (exact) mass is 297 g/mol. The smallest absolute Gasteiger partial charge is 0.272 e. The fourth-order valence-corrected chi connectivity index (χ4v) is 2.22. The summed E-state index contributed by atoms with van der Waals surface area (Å²) >= 11 is 0. The molecule has 0 atom stereocenters. The van der Waals surface area contributed by atoms with Gasteiger partial charge in [-0.2, -0.15) is 0 Å². The third-order valence-electron chi connectivity index (χ3n) is 3.32. The Kier molecular flexibility index (Phi) is 3.65. The fourth-order valence-electron chi connectivity index (χ4n) is 2.22. The minimum atomic E-state index is -0.243. The Morgan fingerprint density at radius 1 is 1.18 bits per heavy atom. The second kappa shape index (κ2) is 5.77. The van der Waals surface area contributed by atoms with Crippen LogP contribution in [0.15, 0.2) is 48.8 Å². The largest absolute Gasteiger partial charge is 0.497 e. The number of carbonyl (C=O) groups is 1. The minimum absolute atomic E-state index is 0.243. The quantitative estimate of drug-likeness (QED) is 0.804. The van der Waals surface area contributed by atoms with E-state index in [1.54, 1.807) is 61.3 Å². The second-order valence-electron chi connectivity index (χ2n) is 4.59. The van der Waals surface area contributed by atoms with Crippen molar-refractivity contribution < 1.29 is 14.3 Å². The molecule has 1 aromatic carbocycles. The molecule has 0 radical (unpaired) electrons. The standard InChI is InChI=1S/C16H15N3O3/c1-21-11-6-7-12(14(10-11)22-2)18-16(20)13-4-3-5-15-17-8-9-19(13)15/h3-10H,1-2H3,(H,18,20). The average Bonchev–Trinajstić information content (AvgIpc) is 3.03. The van der Waals surface area contributed by atoms with Gasteiger partial charge < -0.3 is 14.8 Å². The van der Waals surface area contributed by atoms with Gasteiger partial charge in [-0.25, -0.2) is 4.98 Å². The Balaban J connectivity index is 1.93. The number of hydrogen-bond acceptors (Lipinski definition) is 4. The number of imidazole rings is 1. The van der Waals surface area contributed by atoms with Gasteiger partial charge in [0.25, 0.3) is 5.91 Å². The number of ether oxygens (including phenoxy) is 2. The molecule has 0 aliphatic carbocycles. The summed E-state index contributed by atoms with van der Waals surface area (Å²) in [5.41, 5.74) is 1.78. The summed E-state index contributed by atoms with van der Waals surface area (Å²) in [4.78, 5) is 16.7. The van der Waals surface area contributed by atoms with Crippen molar-refractivity contribution in [1.29, 1.82) is 0 Å². The van der Waals surface area contributed by atoms with E-state index in [2.05, 4.69) is 10.3 Å². The molecule has 0 aliphatic heterocycles. The number of nitrogens with zero attached hydrogens (tertiary/aromatic N) is 2. The van der Waals surface area contributed by atoms with E-state index in [0.717, 1.165) is 0 Å². The molecule has 0 fully saturated rings. The molecule has 112 valence electrons. The first-order valence-electron chi connectivity index (χ1n) is 6.68. The van der Waals surface area contributed by atoms with Crippen LogP contribution in [-0.2, 0) is 0 Å². The van der Waals surface area contributed by atoms with Crippen LogP contribution in [0.5, 0.6) is 11.5 Å². The van der Waals surface area contributed by atoms with E-state index >= 15 is 0 Å². The van der Waals surface area contributed by atoms with Crippen LogP contribution in [0.3, 0.4) is 0 Å². The molecule has 0 spiro atoms. The number of fused-ring (bicyclic) bond motifs is 1.